The largest absolute Gasteiger partial charge is 0.379 e. The number of fused-ring (bicyclic) bond motifs is 1. The molecule has 0 bridgehead atoms. The van der Waals surface area contributed by atoms with Crippen LogP contribution in [-0.2, 0) is 24.3 Å². The zero-order valence-electron chi connectivity index (χ0n) is 18.5. The van der Waals surface area contributed by atoms with E-state index in [9.17, 15) is 18.0 Å². The first-order chi connectivity index (χ1) is 15.8. The molecule has 182 valence electrons. The minimum Gasteiger partial charge on any atom is -0.379 e. The Labute approximate surface area is 199 Å². The summed E-state index contributed by atoms with van der Waals surface area (Å²) < 4.78 is 32.5. The predicted molar refractivity (Wildman–Crippen MR) is 123 cm³/mol. The summed E-state index contributed by atoms with van der Waals surface area (Å²) in [4.78, 5) is 27.0. The first-order valence-electron chi connectivity index (χ1n) is 11.2. The lowest BCUT2D eigenvalue weighted by molar-refractivity contribution is -0.139. The minimum atomic E-state index is -3.82. The summed E-state index contributed by atoms with van der Waals surface area (Å²) in [5, 5.41) is 2.77. The lowest BCUT2D eigenvalue weighted by Gasteiger charge is -2.34. The Kier molecular flexibility index (Phi) is 7.56. The van der Waals surface area contributed by atoms with E-state index in [0.717, 1.165) is 25.8 Å². The molecule has 3 fully saturated rings. The minimum absolute atomic E-state index is 0.0669. The van der Waals surface area contributed by atoms with Gasteiger partial charge in [-0.15, -0.1) is 0 Å². The van der Waals surface area contributed by atoms with Crippen molar-refractivity contribution in [2.24, 2.45) is 11.8 Å². The number of likely N-dealkylation sites (N-methyl/N-ethyl adjacent to an activating group) is 1. The number of hydrogen-bond donors (Lipinski definition) is 3. The fourth-order valence-corrected chi connectivity index (χ4v) is 6.71. The lowest BCUT2D eigenvalue weighted by atomic mass is 9.77. The molecule has 12 heteroatoms. The van der Waals surface area contributed by atoms with Crippen LogP contribution < -0.4 is 16.2 Å². The van der Waals surface area contributed by atoms with Gasteiger partial charge in [-0.3, -0.25) is 20.4 Å². The van der Waals surface area contributed by atoms with Crippen LogP contribution in [0.5, 0.6) is 0 Å². The number of rotatable bonds is 6. The number of anilines is 1. The number of sulfonamides is 1. The molecule has 1 aromatic carbocycles. The van der Waals surface area contributed by atoms with E-state index < -0.39 is 15.9 Å². The van der Waals surface area contributed by atoms with Crippen molar-refractivity contribution in [3.8, 4) is 0 Å². The Bertz CT molecular complexity index is 1000. The highest BCUT2D eigenvalue weighted by Gasteiger charge is 2.41. The van der Waals surface area contributed by atoms with Gasteiger partial charge in [0.1, 0.15) is 4.90 Å². The molecule has 3 unspecified atom stereocenters. The summed E-state index contributed by atoms with van der Waals surface area (Å²) in [5.74, 6) is -0.219. The average molecular weight is 500 g/mol. The topological polar surface area (TPSA) is 120 Å². The van der Waals surface area contributed by atoms with Gasteiger partial charge in [-0.05, 0) is 37.0 Å². The molecule has 10 nitrogen and oxygen atoms in total. The van der Waals surface area contributed by atoms with E-state index in [1.807, 2.05) is 0 Å². The predicted octanol–water partition coefficient (Wildman–Crippen LogP) is 0.651. The van der Waals surface area contributed by atoms with Gasteiger partial charge in [0.25, 0.3) is 0 Å². The Hall–Kier alpha value is -1.76. The van der Waals surface area contributed by atoms with Crippen LogP contribution >= 0.6 is 11.6 Å². The van der Waals surface area contributed by atoms with Crippen LogP contribution in [0.15, 0.2) is 23.1 Å². The number of nitrogens with one attached hydrogen (secondary N) is 3. The highest BCUT2D eigenvalue weighted by atomic mass is 35.5. The third kappa shape index (κ3) is 5.33. The van der Waals surface area contributed by atoms with Crippen molar-refractivity contribution in [2.75, 3.05) is 51.8 Å². The van der Waals surface area contributed by atoms with Gasteiger partial charge in [0.05, 0.1) is 30.7 Å². The smallest absolute Gasteiger partial charge is 0.244 e. The monoisotopic (exact) mass is 499 g/mol. The maximum Gasteiger partial charge on any atom is 0.244 e. The van der Waals surface area contributed by atoms with Crippen molar-refractivity contribution in [1.29, 1.82) is 0 Å². The molecule has 0 radical (unpaired) electrons. The standard InChI is InChI=1S/C21H30ClN5O5S/c1-26(21(29)16-4-2-3-14-12-23-25-20(14)16)13-19(28)24-15-5-6-17(22)18(11-15)33(30,31)27-7-9-32-10-8-27/h5-6,11,14,16,20,23,25H,2-4,7-10,12-13H2,1H3,(H,24,28). The van der Waals surface area contributed by atoms with Crippen LogP contribution in [0.2, 0.25) is 5.02 Å². The van der Waals surface area contributed by atoms with E-state index in [4.69, 9.17) is 16.3 Å². The summed E-state index contributed by atoms with van der Waals surface area (Å²) in [6.07, 6.45) is 2.87. The molecule has 2 amide bonds. The highest BCUT2D eigenvalue weighted by Crippen LogP contribution is 2.32. The first-order valence-corrected chi connectivity index (χ1v) is 13.0. The fourth-order valence-electron chi connectivity index (χ4n) is 4.80. The van der Waals surface area contributed by atoms with Crippen molar-refractivity contribution in [3.05, 3.63) is 23.2 Å². The molecule has 3 atom stereocenters. The number of benzene rings is 1. The van der Waals surface area contributed by atoms with Gasteiger partial charge < -0.3 is 15.0 Å². The van der Waals surface area contributed by atoms with Crippen molar-refractivity contribution >= 4 is 39.1 Å². The maximum absolute atomic E-state index is 13.0. The molecule has 33 heavy (non-hydrogen) atoms. The number of morpholine rings is 1. The van der Waals surface area contributed by atoms with Crippen LogP contribution in [0, 0.1) is 11.8 Å². The van der Waals surface area contributed by atoms with Crippen LogP contribution in [0.3, 0.4) is 0 Å². The molecule has 0 spiro atoms. The van der Waals surface area contributed by atoms with E-state index in [0.29, 0.717) is 24.8 Å². The SMILES string of the molecule is CN(CC(=O)Nc1ccc(Cl)c(S(=O)(=O)N2CCOCC2)c1)C(=O)C1CCCC2CNNC21. The van der Waals surface area contributed by atoms with E-state index in [2.05, 4.69) is 16.2 Å². The second-order valence-electron chi connectivity index (χ2n) is 8.75. The molecule has 2 heterocycles. The van der Waals surface area contributed by atoms with E-state index in [1.54, 1.807) is 13.1 Å². The lowest BCUT2D eigenvalue weighted by Crippen LogP contribution is -2.49. The Morgan fingerprint density at radius 1 is 1.27 bits per heavy atom. The van der Waals surface area contributed by atoms with Crippen LogP contribution in [0.1, 0.15) is 19.3 Å². The molecule has 1 saturated carbocycles. The Morgan fingerprint density at radius 3 is 2.79 bits per heavy atom. The van der Waals surface area contributed by atoms with Gasteiger partial charge >= 0.3 is 0 Å². The fraction of sp³-hybridized carbons (Fsp3) is 0.619. The first kappa shape index (κ1) is 24.4. The van der Waals surface area contributed by atoms with Gasteiger partial charge in [-0.25, -0.2) is 8.42 Å². The van der Waals surface area contributed by atoms with Crippen molar-refractivity contribution in [2.45, 2.75) is 30.2 Å². The van der Waals surface area contributed by atoms with E-state index in [1.165, 1.54) is 21.3 Å². The van der Waals surface area contributed by atoms with Crippen LogP contribution in [-0.4, -0.2) is 81.9 Å². The molecule has 3 aliphatic rings. The number of carbonyl (C=O) groups is 2. The quantitative estimate of drug-likeness (QED) is 0.525. The Morgan fingerprint density at radius 2 is 2.03 bits per heavy atom. The maximum atomic E-state index is 13.0. The molecular weight excluding hydrogens is 470 g/mol. The zero-order valence-corrected chi connectivity index (χ0v) is 20.1. The number of amides is 2. The average Bonchev–Trinajstić information content (AvgIpc) is 3.29. The molecule has 4 rings (SSSR count). The molecular formula is C21H30ClN5O5S. The van der Waals surface area contributed by atoms with Gasteiger partial charge in [0.2, 0.25) is 21.8 Å². The molecule has 2 saturated heterocycles. The van der Waals surface area contributed by atoms with E-state index >= 15 is 0 Å². The summed E-state index contributed by atoms with van der Waals surface area (Å²) in [6.45, 7) is 1.86. The number of ether oxygens (including phenoxy) is 1. The normalized spacial score (nSPS) is 25.9. The molecule has 1 aliphatic carbocycles. The number of hydrazine groups is 1. The third-order valence-electron chi connectivity index (χ3n) is 6.54. The summed E-state index contributed by atoms with van der Waals surface area (Å²) in [6, 6.07) is 4.42. The van der Waals surface area contributed by atoms with Crippen molar-refractivity contribution in [1.82, 2.24) is 20.1 Å². The van der Waals surface area contributed by atoms with Crippen LogP contribution in [0.4, 0.5) is 5.69 Å². The molecule has 2 aliphatic heterocycles. The van der Waals surface area contributed by atoms with E-state index in [-0.39, 0.29) is 47.4 Å². The van der Waals surface area contributed by atoms with Crippen LogP contribution in [0.25, 0.3) is 0 Å². The van der Waals surface area contributed by atoms with Gasteiger partial charge in [0, 0.05) is 38.4 Å². The Balaban J connectivity index is 1.40. The zero-order chi connectivity index (χ0) is 23.6. The number of nitrogens with zero attached hydrogens (tertiary/aromatic N) is 2. The molecule has 0 aromatic heterocycles. The van der Waals surface area contributed by atoms with Gasteiger partial charge in [-0.2, -0.15) is 4.31 Å². The van der Waals surface area contributed by atoms with Crippen molar-refractivity contribution in [3.63, 3.8) is 0 Å². The third-order valence-corrected chi connectivity index (χ3v) is 8.92. The summed E-state index contributed by atoms with van der Waals surface area (Å²) in [5.41, 5.74) is 6.65. The summed E-state index contributed by atoms with van der Waals surface area (Å²) >= 11 is 6.18. The number of halogens is 1. The molecule has 3 N–H and O–H groups in total. The number of carbonyl (C=O) groups excluding carboxylic acids is 2. The second kappa shape index (κ2) is 10.2. The highest BCUT2D eigenvalue weighted by molar-refractivity contribution is 7.89. The second-order valence-corrected chi connectivity index (χ2v) is 11.1. The van der Waals surface area contributed by atoms with Crippen molar-refractivity contribution < 1.29 is 22.7 Å². The number of hydrogen-bond acceptors (Lipinski definition) is 7. The van der Waals surface area contributed by atoms with Gasteiger partial charge in [-0.1, -0.05) is 18.0 Å². The summed E-state index contributed by atoms with van der Waals surface area (Å²) in [7, 11) is -2.20. The molecule has 1 aromatic rings. The van der Waals surface area contributed by atoms with Gasteiger partial charge in [0.15, 0.2) is 0 Å².